The molecule has 1 aliphatic heterocycles. The molecule has 0 saturated carbocycles. The van der Waals surface area contributed by atoms with E-state index in [1.165, 1.54) is 0 Å². The first-order chi connectivity index (χ1) is 11.9. The van der Waals surface area contributed by atoms with E-state index in [4.69, 9.17) is 4.52 Å². The first-order valence-corrected chi connectivity index (χ1v) is 7.61. The first kappa shape index (κ1) is 14.3. The van der Waals surface area contributed by atoms with Gasteiger partial charge in [-0.05, 0) is 17.7 Å². The number of pyridine rings is 1. The topological polar surface area (TPSA) is 64.2 Å². The lowest BCUT2D eigenvalue weighted by Crippen LogP contribution is -1.91. The highest BCUT2D eigenvalue weighted by molar-refractivity contribution is 5.77. The number of hydrogen-bond donors (Lipinski definition) is 0. The zero-order valence-electron chi connectivity index (χ0n) is 12.8. The molecule has 0 spiro atoms. The summed E-state index contributed by atoms with van der Waals surface area (Å²) < 4.78 is 5.42. The average Bonchev–Trinajstić information content (AvgIpc) is 2.98. The van der Waals surface area contributed by atoms with Crippen LogP contribution in [0, 0.1) is 0 Å². The molecule has 116 valence electrons. The number of allylic oxidation sites excluding steroid dienone is 3. The SMILES string of the molecule is C1=CC=C(c2noc(-c3cncc(-c4ccccc4)c3)n2)CN=C1. The third-order valence-corrected chi connectivity index (χ3v) is 3.67. The molecular formula is C19H14N4O. The van der Waals surface area contributed by atoms with Crippen molar-refractivity contribution in [3.8, 4) is 22.6 Å². The van der Waals surface area contributed by atoms with Crippen LogP contribution >= 0.6 is 0 Å². The summed E-state index contributed by atoms with van der Waals surface area (Å²) in [6.07, 6.45) is 11.0. The van der Waals surface area contributed by atoms with Gasteiger partial charge >= 0.3 is 0 Å². The molecule has 0 fully saturated rings. The molecule has 3 heterocycles. The predicted molar refractivity (Wildman–Crippen MR) is 93.4 cm³/mol. The van der Waals surface area contributed by atoms with E-state index in [1.54, 1.807) is 12.4 Å². The van der Waals surface area contributed by atoms with Gasteiger partial charge in [-0.25, -0.2) is 0 Å². The zero-order valence-corrected chi connectivity index (χ0v) is 12.8. The number of nitrogens with zero attached hydrogens (tertiary/aromatic N) is 4. The van der Waals surface area contributed by atoms with E-state index in [9.17, 15) is 0 Å². The fourth-order valence-corrected chi connectivity index (χ4v) is 2.45. The zero-order chi connectivity index (χ0) is 16.2. The molecule has 0 unspecified atom stereocenters. The van der Waals surface area contributed by atoms with Gasteiger partial charge < -0.3 is 4.52 Å². The maximum absolute atomic E-state index is 5.42. The summed E-state index contributed by atoms with van der Waals surface area (Å²) in [5.41, 5.74) is 3.82. The first-order valence-electron chi connectivity index (χ1n) is 7.61. The molecule has 0 bridgehead atoms. The number of aliphatic imine (C=N–C) groups is 1. The Hall–Kier alpha value is -3.34. The van der Waals surface area contributed by atoms with Gasteiger partial charge in [-0.15, -0.1) is 0 Å². The molecule has 0 N–H and O–H groups in total. The van der Waals surface area contributed by atoms with Gasteiger partial charge in [-0.1, -0.05) is 47.6 Å². The molecular weight excluding hydrogens is 300 g/mol. The van der Waals surface area contributed by atoms with Crippen molar-refractivity contribution in [3.05, 3.63) is 72.8 Å². The second-order valence-electron chi connectivity index (χ2n) is 5.32. The normalized spacial score (nSPS) is 13.6. The Kier molecular flexibility index (Phi) is 3.81. The van der Waals surface area contributed by atoms with Crippen LogP contribution in [0.1, 0.15) is 5.82 Å². The van der Waals surface area contributed by atoms with Gasteiger partial charge in [-0.2, -0.15) is 4.98 Å². The predicted octanol–water partition coefficient (Wildman–Crippen LogP) is 3.82. The molecule has 0 radical (unpaired) electrons. The summed E-state index contributed by atoms with van der Waals surface area (Å²) in [5, 5.41) is 4.07. The van der Waals surface area contributed by atoms with Crippen LogP contribution in [0.25, 0.3) is 28.2 Å². The molecule has 5 nitrogen and oxygen atoms in total. The molecule has 0 amide bonds. The van der Waals surface area contributed by atoms with E-state index < -0.39 is 0 Å². The van der Waals surface area contributed by atoms with Crippen LogP contribution in [0.3, 0.4) is 0 Å². The van der Waals surface area contributed by atoms with E-state index in [0.717, 1.165) is 22.3 Å². The standard InChI is InChI=1S/C19H14N4O/c1-2-6-14(7-3-1)16-10-17(13-21-12-16)19-22-18(23-24-19)15-8-4-5-9-20-11-15/h1-10,12-13H,11H2. The van der Waals surface area contributed by atoms with Crippen LogP contribution in [0.2, 0.25) is 0 Å². The molecule has 0 saturated heterocycles. The maximum atomic E-state index is 5.42. The summed E-state index contributed by atoms with van der Waals surface area (Å²) in [6.45, 7) is 0.536. The average molecular weight is 314 g/mol. The third kappa shape index (κ3) is 2.92. The van der Waals surface area contributed by atoms with Gasteiger partial charge in [0, 0.05) is 29.7 Å². The van der Waals surface area contributed by atoms with Crippen LogP contribution in [0.4, 0.5) is 0 Å². The summed E-state index contributed by atoms with van der Waals surface area (Å²) in [6, 6.07) is 12.1. The van der Waals surface area contributed by atoms with Crippen LogP contribution in [0.5, 0.6) is 0 Å². The Labute approximate surface area is 139 Å². The van der Waals surface area contributed by atoms with E-state index in [0.29, 0.717) is 18.3 Å². The molecule has 2 aromatic heterocycles. The number of aromatic nitrogens is 3. The minimum absolute atomic E-state index is 0.452. The highest BCUT2D eigenvalue weighted by atomic mass is 16.5. The Balaban J connectivity index is 1.67. The van der Waals surface area contributed by atoms with Gasteiger partial charge in [0.25, 0.3) is 5.89 Å². The highest BCUT2D eigenvalue weighted by Crippen LogP contribution is 2.25. The van der Waals surface area contributed by atoms with Crippen LogP contribution in [-0.4, -0.2) is 27.9 Å². The largest absolute Gasteiger partial charge is 0.334 e. The van der Waals surface area contributed by atoms with Crippen molar-refractivity contribution in [3.63, 3.8) is 0 Å². The number of hydrogen-bond acceptors (Lipinski definition) is 5. The van der Waals surface area contributed by atoms with Crippen LogP contribution in [0.15, 0.2) is 76.5 Å². The number of rotatable bonds is 3. The van der Waals surface area contributed by atoms with Crippen molar-refractivity contribution < 1.29 is 4.52 Å². The second kappa shape index (κ2) is 6.42. The molecule has 0 atom stereocenters. The monoisotopic (exact) mass is 314 g/mol. The fourth-order valence-electron chi connectivity index (χ4n) is 2.45. The van der Waals surface area contributed by atoms with Crippen LogP contribution < -0.4 is 0 Å². The van der Waals surface area contributed by atoms with Crippen molar-refractivity contribution in [1.82, 2.24) is 15.1 Å². The van der Waals surface area contributed by atoms with Crippen molar-refractivity contribution in [2.24, 2.45) is 4.99 Å². The summed E-state index contributed by atoms with van der Waals surface area (Å²) >= 11 is 0. The fraction of sp³-hybridized carbons (Fsp3) is 0.0526. The molecule has 24 heavy (non-hydrogen) atoms. The molecule has 1 aliphatic rings. The molecule has 1 aromatic carbocycles. The van der Waals surface area contributed by atoms with Gasteiger partial charge in [-0.3, -0.25) is 9.98 Å². The molecule has 0 aliphatic carbocycles. The lowest BCUT2D eigenvalue weighted by molar-refractivity contribution is 0.428. The molecule has 4 rings (SSSR count). The van der Waals surface area contributed by atoms with Gasteiger partial charge in [0.2, 0.25) is 5.82 Å². The van der Waals surface area contributed by atoms with Gasteiger partial charge in [0.1, 0.15) is 0 Å². The Bertz CT molecular complexity index is 939. The lowest BCUT2D eigenvalue weighted by Gasteiger charge is -2.01. The highest BCUT2D eigenvalue weighted by Gasteiger charge is 2.13. The van der Waals surface area contributed by atoms with E-state index in [1.807, 2.05) is 60.8 Å². The van der Waals surface area contributed by atoms with Crippen molar-refractivity contribution in [2.75, 3.05) is 6.54 Å². The van der Waals surface area contributed by atoms with Gasteiger partial charge in [0.05, 0.1) is 12.1 Å². The van der Waals surface area contributed by atoms with E-state index in [2.05, 4.69) is 20.1 Å². The Morgan fingerprint density at radius 2 is 1.79 bits per heavy atom. The van der Waals surface area contributed by atoms with Crippen molar-refractivity contribution >= 4 is 11.8 Å². The molecule has 5 heteroatoms. The summed E-state index contributed by atoms with van der Waals surface area (Å²) in [7, 11) is 0. The second-order valence-corrected chi connectivity index (χ2v) is 5.32. The van der Waals surface area contributed by atoms with Crippen LogP contribution in [-0.2, 0) is 0 Å². The van der Waals surface area contributed by atoms with E-state index >= 15 is 0 Å². The van der Waals surface area contributed by atoms with E-state index in [-0.39, 0.29) is 0 Å². The maximum Gasteiger partial charge on any atom is 0.259 e. The van der Waals surface area contributed by atoms with Crippen molar-refractivity contribution in [2.45, 2.75) is 0 Å². The smallest absolute Gasteiger partial charge is 0.259 e. The summed E-state index contributed by atoms with van der Waals surface area (Å²) in [4.78, 5) is 13.0. The Morgan fingerprint density at radius 3 is 2.71 bits per heavy atom. The minimum atomic E-state index is 0.452. The quantitative estimate of drug-likeness (QED) is 0.737. The summed E-state index contributed by atoms with van der Waals surface area (Å²) in [5.74, 6) is 1.01. The van der Waals surface area contributed by atoms with Crippen molar-refractivity contribution in [1.29, 1.82) is 0 Å². The Morgan fingerprint density at radius 1 is 0.917 bits per heavy atom. The minimum Gasteiger partial charge on any atom is -0.334 e. The lowest BCUT2D eigenvalue weighted by atomic mass is 10.1. The number of benzene rings is 1. The molecule has 3 aromatic rings. The van der Waals surface area contributed by atoms with Gasteiger partial charge in [0.15, 0.2) is 0 Å². The third-order valence-electron chi connectivity index (χ3n) is 3.67.